The lowest BCUT2D eigenvalue weighted by Crippen LogP contribution is -2.40. The smallest absolute Gasteiger partial charge is 0.228 e. The Balaban J connectivity index is 1.31. The first-order valence-corrected chi connectivity index (χ1v) is 10.4. The van der Waals surface area contributed by atoms with Crippen molar-refractivity contribution in [3.63, 3.8) is 0 Å². The van der Waals surface area contributed by atoms with E-state index in [1.807, 2.05) is 9.80 Å². The molecule has 4 heterocycles. The van der Waals surface area contributed by atoms with E-state index in [0.29, 0.717) is 32.7 Å². The van der Waals surface area contributed by atoms with Gasteiger partial charge in [-0.25, -0.2) is 0 Å². The lowest BCUT2D eigenvalue weighted by Gasteiger charge is -2.27. The van der Waals surface area contributed by atoms with E-state index in [4.69, 9.17) is 4.74 Å². The van der Waals surface area contributed by atoms with Crippen LogP contribution < -0.4 is 0 Å². The van der Waals surface area contributed by atoms with Crippen LogP contribution in [0.15, 0.2) is 16.1 Å². The summed E-state index contributed by atoms with van der Waals surface area (Å²) >= 11 is 1.62. The van der Waals surface area contributed by atoms with Crippen LogP contribution in [-0.4, -0.2) is 84.2 Å². The highest BCUT2D eigenvalue weighted by Crippen LogP contribution is 2.31. The number of thioether (sulfide) groups is 1. The fraction of sp³-hybridized carbons (Fsp3) is 0.722. The van der Waals surface area contributed by atoms with E-state index in [9.17, 15) is 9.59 Å². The Morgan fingerprint density at radius 1 is 1.15 bits per heavy atom. The van der Waals surface area contributed by atoms with Gasteiger partial charge in [0.1, 0.15) is 0 Å². The minimum Gasteiger partial charge on any atom is -0.381 e. The summed E-state index contributed by atoms with van der Waals surface area (Å²) < 4.78 is 5.34. The molecule has 4 aliphatic heterocycles. The van der Waals surface area contributed by atoms with E-state index in [1.165, 1.54) is 0 Å². The highest BCUT2D eigenvalue weighted by Gasteiger charge is 2.31. The molecular formula is C18H26N4O3S. The first kappa shape index (κ1) is 17.9. The number of amidine groups is 1. The molecule has 0 aromatic carbocycles. The number of fused-ring (bicyclic) bond motifs is 1. The first-order chi connectivity index (χ1) is 12.7. The molecule has 4 rings (SSSR count). The summed E-state index contributed by atoms with van der Waals surface area (Å²) in [5.74, 6) is 0.359. The van der Waals surface area contributed by atoms with Gasteiger partial charge in [0.15, 0.2) is 5.17 Å². The van der Waals surface area contributed by atoms with Crippen molar-refractivity contribution in [2.24, 2.45) is 10.9 Å². The van der Waals surface area contributed by atoms with Crippen molar-refractivity contribution in [2.75, 3.05) is 52.5 Å². The van der Waals surface area contributed by atoms with Gasteiger partial charge in [0, 0.05) is 51.6 Å². The van der Waals surface area contributed by atoms with E-state index in [-0.39, 0.29) is 17.7 Å². The lowest BCUT2D eigenvalue weighted by molar-refractivity contribution is -0.136. The largest absolute Gasteiger partial charge is 0.381 e. The second-order valence-corrected chi connectivity index (χ2v) is 8.03. The average Bonchev–Trinajstić information content (AvgIpc) is 3.26. The third-order valence-electron chi connectivity index (χ3n) is 5.44. The van der Waals surface area contributed by atoms with Crippen molar-refractivity contribution in [3.8, 4) is 0 Å². The Bertz CT molecular complexity index is 630. The quantitative estimate of drug-likeness (QED) is 0.736. The highest BCUT2D eigenvalue weighted by atomic mass is 32.2. The number of ether oxygens (including phenoxy) is 1. The number of nitrogens with zero attached hydrogens (tertiary/aromatic N) is 4. The normalized spacial score (nSPS) is 26.3. The fourth-order valence-electron chi connectivity index (χ4n) is 3.91. The molecule has 2 saturated heterocycles. The van der Waals surface area contributed by atoms with Gasteiger partial charge in [-0.3, -0.25) is 14.6 Å². The average molecular weight is 378 g/mol. The maximum atomic E-state index is 12.8. The first-order valence-electron chi connectivity index (χ1n) is 9.54. The number of hydrogen-bond donors (Lipinski definition) is 0. The van der Waals surface area contributed by atoms with Crippen molar-refractivity contribution in [1.29, 1.82) is 0 Å². The second-order valence-electron chi connectivity index (χ2n) is 7.19. The summed E-state index contributed by atoms with van der Waals surface area (Å²) in [6.45, 7) is 5.79. The zero-order valence-corrected chi connectivity index (χ0v) is 15.9. The Morgan fingerprint density at radius 3 is 2.85 bits per heavy atom. The molecule has 0 N–H and O–H groups in total. The Morgan fingerprint density at radius 2 is 2.00 bits per heavy atom. The number of aliphatic imine (C=N–C) groups is 1. The molecule has 0 aromatic heterocycles. The molecule has 4 aliphatic rings. The van der Waals surface area contributed by atoms with Gasteiger partial charge in [-0.15, -0.1) is 0 Å². The molecule has 0 bridgehead atoms. The minimum absolute atomic E-state index is 0.00901. The molecule has 1 atom stereocenters. The van der Waals surface area contributed by atoms with Crippen LogP contribution in [0.1, 0.15) is 25.7 Å². The Kier molecular flexibility index (Phi) is 5.49. The summed E-state index contributed by atoms with van der Waals surface area (Å²) in [6.07, 6.45) is 3.14. The van der Waals surface area contributed by atoms with Gasteiger partial charge in [0.25, 0.3) is 0 Å². The van der Waals surface area contributed by atoms with Gasteiger partial charge in [-0.1, -0.05) is 11.8 Å². The number of amides is 2. The third kappa shape index (κ3) is 3.76. The van der Waals surface area contributed by atoms with E-state index >= 15 is 0 Å². The zero-order valence-electron chi connectivity index (χ0n) is 15.1. The third-order valence-corrected chi connectivity index (χ3v) is 6.39. The van der Waals surface area contributed by atoms with Crippen molar-refractivity contribution < 1.29 is 14.3 Å². The molecule has 0 saturated carbocycles. The van der Waals surface area contributed by atoms with E-state index in [1.54, 1.807) is 11.8 Å². The number of rotatable bonds is 3. The lowest BCUT2D eigenvalue weighted by atomic mass is 10.1. The summed E-state index contributed by atoms with van der Waals surface area (Å²) in [6, 6.07) is 0. The molecule has 2 fully saturated rings. The maximum Gasteiger partial charge on any atom is 0.228 e. The predicted molar refractivity (Wildman–Crippen MR) is 101 cm³/mol. The summed E-state index contributed by atoms with van der Waals surface area (Å²) in [5, 5.41) is 3.10. The predicted octanol–water partition coefficient (Wildman–Crippen LogP) is 1.12. The maximum absolute atomic E-state index is 12.8. The molecule has 7 nitrogen and oxygen atoms in total. The van der Waals surface area contributed by atoms with Crippen LogP contribution in [-0.2, 0) is 14.3 Å². The van der Waals surface area contributed by atoms with Crippen LogP contribution in [0.25, 0.3) is 0 Å². The van der Waals surface area contributed by atoms with Crippen LogP contribution in [0.5, 0.6) is 0 Å². The second kappa shape index (κ2) is 8.00. The number of carbonyl (C=O) groups is 2. The van der Waals surface area contributed by atoms with Gasteiger partial charge in [-0.2, -0.15) is 0 Å². The Hall–Kier alpha value is -1.54. The molecule has 0 spiro atoms. The highest BCUT2D eigenvalue weighted by molar-refractivity contribution is 8.16. The molecule has 0 radical (unpaired) electrons. The number of hydrogen-bond acceptors (Lipinski definition) is 6. The summed E-state index contributed by atoms with van der Waals surface area (Å²) in [5.41, 5.74) is 1.07. The molecular weight excluding hydrogens is 352 g/mol. The van der Waals surface area contributed by atoms with Crippen LogP contribution in [0.4, 0.5) is 0 Å². The molecule has 142 valence electrons. The topological polar surface area (TPSA) is 65.5 Å². The van der Waals surface area contributed by atoms with Crippen molar-refractivity contribution in [2.45, 2.75) is 25.7 Å². The monoisotopic (exact) mass is 378 g/mol. The molecule has 0 aliphatic carbocycles. The van der Waals surface area contributed by atoms with Gasteiger partial charge in [0.2, 0.25) is 11.8 Å². The van der Waals surface area contributed by atoms with Crippen LogP contribution in [0.3, 0.4) is 0 Å². The molecule has 2 amide bonds. The van der Waals surface area contributed by atoms with E-state index in [0.717, 1.165) is 56.3 Å². The van der Waals surface area contributed by atoms with Crippen LogP contribution in [0, 0.1) is 5.92 Å². The minimum atomic E-state index is 0.00901. The van der Waals surface area contributed by atoms with E-state index in [2.05, 4.69) is 15.3 Å². The fourth-order valence-corrected chi connectivity index (χ4v) is 4.87. The Labute approximate surface area is 158 Å². The standard InChI is InChI=1S/C18H26N4O3S/c23-16(11-15-13-26-18-19-4-1-7-22(15)18)20-5-2-6-21(9-8-20)17(24)14-3-10-25-12-14/h13-14H,1-12H2. The van der Waals surface area contributed by atoms with Crippen molar-refractivity contribution in [3.05, 3.63) is 11.1 Å². The molecule has 8 heteroatoms. The van der Waals surface area contributed by atoms with Gasteiger partial charge >= 0.3 is 0 Å². The number of carbonyl (C=O) groups excluding carboxylic acids is 2. The summed E-state index contributed by atoms with van der Waals surface area (Å²) in [4.78, 5) is 35.9. The van der Waals surface area contributed by atoms with Crippen molar-refractivity contribution in [1.82, 2.24) is 14.7 Å². The van der Waals surface area contributed by atoms with Crippen LogP contribution >= 0.6 is 11.8 Å². The molecule has 26 heavy (non-hydrogen) atoms. The van der Waals surface area contributed by atoms with E-state index < -0.39 is 0 Å². The molecule has 0 aromatic rings. The van der Waals surface area contributed by atoms with Gasteiger partial charge in [-0.05, 0) is 24.7 Å². The summed E-state index contributed by atoms with van der Waals surface area (Å²) in [7, 11) is 0. The molecule has 1 unspecified atom stereocenters. The van der Waals surface area contributed by atoms with Crippen molar-refractivity contribution >= 4 is 28.7 Å². The van der Waals surface area contributed by atoms with Gasteiger partial charge in [0.05, 0.1) is 18.9 Å². The zero-order chi connectivity index (χ0) is 17.9. The van der Waals surface area contributed by atoms with Crippen LogP contribution in [0.2, 0.25) is 0 Å². The SMILES string of the molecule is O=C(CC1=CSC2=NCCCN12)N1CCCN(C(=O)C2CCOC2)CC1. The van der Waals surface area contributed by atoms with Gasteiger partial charge < -0.3 is 19.4 Å².